The second-order valence-electron chi connectivity index (χ2n) is 4.00. The summed E-state index contributed by atoms with van der Waals surface area (Å²) in [5.41, 5.74) is 0.845. The lowest BCUT2D eigenvalue weighted by Crippen LogP contribution is -2.13. The molecule has 0 unspecified atom stereocenters. The highest BCUT2D eigenvalue weighted by molar-refractivity contribution is 6.06. The Hall–Kier alpha value is -2.56. The monoisotopic (exact) mass is 275 g/mol. The van der Waals surface area contributed by atoms with Gasteiger partial charge in [0.25, 0.3) is 5.91 Å². The lowest BCUT2D eigenvalue weighted by Gasteiger charge is -2.12. The summed E-state index contributed by atoms with van der Waals surface area (Å²) in [6.45, 7) is 0. The minimum absolute atomic E-state index is 0.344. The maximum Gasteiger partial charge on any atom is 0.259 e. The molecule has 0 bridgehead atoms. The second-order valence-corrected chi connectivity index (χ2v) is 4.00. The number of halogens is 1. The molecule has 0 fully saturated rings. The Balaban J connectivity index is 2.27. The van der Waals surface area contributed by atoms with Crippen molar-refractivity contribution in [3.63, 3.8) is 0 Å². The molecule has 0 aromatic heterocycles. The van der Waals surface area contributed by atoms with Gasteiger partial charge in [-0.25, -0.2) is 4.39 Å². The zero-order valence-corrected chi connectivity index (χ0v) is 11.1. The molecule has 1 N–H and O–H groups in total. The van der Waals surface area contributed by atoms with Crippen molar-refractivity contribution in [2.75, 3.05) is 19.5 Å². The minimum Gasteiger partial charge on any atom is -0.493 e. The first-order valence-corrected chi connectivity index (χ1v) is 5.93. The average molecular weight is 275 g/mol. The standard InChI is InChI=1S/C15H14FNO3/c1-19-13-5-3-4-12(14(13)20-2)15(18)17-11-8-6-10(16)7-9-11/h3-9H,1-2H3,(H,17,18). The quantitative estimate of drug-likeness (QED) is 0.932. The molecule has 0 aliphatic rings. The number of amides is 1. The van der Waals surface area contributed by atoms with Crippen molar-refractivity contribution in [2.24, 2.45) is 0 Å². The lowest BCUT2D eigenvalue weighted by atomic mass is 10.1. The molecule has 2 aromatic rings. The van der Waals surface area contributed by atoms with Crippen LogP contribution in [0.3, 0.4) is 0 Å². The molecule has 0 aliphatic carbocycles. The summed E-state index contributed by atoms with van der Waals surface area (Å²) in [5, 5.41) is 2.67. The van der Waals surface area contributed by atoms with Crippen LogP contribution >= 0.6 is 0 Å². The van der Waals surface area contributed by atoms with Crippen molar-refractivity contribution < 1.29 is 18.7 Å². The lowest BCUT2D eigenvalue weighted by molar-refractivity contribution is 0.102. The molecule has 0 spiro atoms. The molecular formula is C15H14FNO3. The molecule has 0 atom stereocenters. The third-order valence-electron chi connectivity index (χ3n) is 2.75. The van der Waals surface area contributed by atoms with Crippen molar-refractivity contribution in [1.29, 1.82) is 0 Å². The van der Waals surface area contributed by atoms with Crippen LogP contribution in [0.4, 0.5) is 10.1 Å². The smallest absolute Gasteiger partial charge is 0.259 e. The third-order valence-corrected chi connectivity index (χ3v) is 2.75. The van der Waals surface area contributed by atoms with E-state index < -0.39 is 0 Å². The molecule has 0 saturated carbocycles. The molecule has 5 heteroatoms. The first-order valence-electron chi connectivity index (χ1n) is 5.93. The van der Waals surface area contributed by atoms with Crippen LogP contribution in [0.15, 0.2) is 42.5 Å². The number of ether oxygens (including phenoxy) is 2. The molecule has 20 heavy (non-hydrogen) atoms. The van der Waals surface area contributed by atoms with Gasteiger partial charge in [0.1, 0.15) is 5.82 Å². The Bertz CT molecular complexity index is 611. The first-order chi connectivity index (χ1) is 9.65. The van der Waals surface area contributed by atoms with Gasteiger partial charge in [-0.1, -0.05) is 6.07 Å². The molecular weight excluding hydrogens is 261 g/mol. The van der Waals surface area contributed by atoms with E-state index in [1.807, 2.05) is 0 Å². The van der Waals surface area contributed by atoms with Crippen molar-refractivity contribution in [1.82, 2.24) is 0 Å². The van der Waals surface area contributed by atoms with Gasteiger partial charge in [-0.05, 0) is 36.4 Å². The zero-order chi connectivity index (χ0) is 14.5. The van der Waals surface area contributed by atoms with Crippen molar-refractivity contribution in [3.05, 3.63) is 53.8 Å². The molecule has 0 heterocycles. The van der Waals surface area contributed by atoms with Gasteiger partial charge in [0.15, 0.2) is 11.5 Å². The van der Waals surface area contributed by atoms with E-state index in [0.717, 1.165) is 0 Å². The van der Waals surface area contributed by atoms with E-state index in [2.05, 4.69) is 5.32 Å². The van der Waals surface area contributed by atoms with Gasteiger partial charge in [0.05, 0.1) is 19.8 Å². The van der Waals surface area contributed by atoms with Crippen molar-refractivity contribution >= 4 is 11.6 Å². The molecule has 1 amide bonds. The van der Waals surface area contributed by atoms with Gasteiger partial charge in [-0.2, -0.15) is 0 Å². The predicted molar refractivity (Wildman–Crippen MR) is 73.9 cm³/mol. The number of anilines is 1. The maximum absolute atomic E-state index is 12.8. The van der Waals surface area contributed by atoms with Crippen LogP contribution in [0.25, 0.3) is 0 Å². The summed E-state index contributed by atoms with van der Waals surface area (Å²) in [5.74, 6) is 0.114. The molecule has 0 aliphatic heterocycles. The Kier molecular flexibility index (Phi) is 4.20. The van der Waals surface area contributed by atoms with E-state index in [1.165, 1.54) is 38.5 Å². The fourth-order valence-corrected chi connectivity index (χ4v) is 1.80. The van der Waals surface area contributed by atoms with Crippen LogP contribution in [-0.2, 0) is 0 Å². The average Bonchev–Trinajstić information content (AvgIpc) is 2.48. The SMILES string of the molecule is COc1cccc(C(=O)Nc2ccc(F)cc2)c1OC. The first kappa shape index (κ1) is 13.9. The van der Waals surface area contributed by atoms with Gasteiger partial charge < -0.3 is 14.8 Å². The number of benzene rings is 2. The van der Waals surface area contributed by atoms with E-state index in [0.29, 0.717) is 22.7 Å². The highest BCUT2D eigenvalue weighted by Crippen LogP contribution is 2.31. The van der Waals surface area contributed by atoms with E-state index in [9.17, 15) is 9.18 Å². The molecule has 0 radical (unpaired) electrons. The topological polar surface area (TPSA) is 47.6 Å². The summed E-state index contributed by atoms with van der Waals surface area (Å²) < 4.78 is 23.2. The maximum atomic E-state index is 12.8. The van der Waals surface area contributed by atoms with Gasteiger partial charge >= 0.3 is 0 Å². The molecule has 104 valence electrons. The highest BCUT2D eigenvalue weighted by atomic mass is 19.1. The number of carbonyl (C=O) groups excluding carboxylic acids is 1. The Morgan fingerprint density at radius 1 is 1.05 bits per heavy atom. The third kappa shape index (κ3) is 2.88. The number of para-hydroxylation sites is 1. The minimum atomic E-state index is -0.359. The van der Waals surface area contributed by atoms with E-state index in [1.54, 1.807) is 18.2 Å². The van der Waals surface area contributed by atoms with Crippen molar-refractivity contribution in [2.45, 2.75) is 0 Å². The fourth-order valence-electron chi connectivity index (χ4n) is 1.80. The van der Waals surface area contributed by atoms with Crippen molar-refractivity contribution in [3.8, 4) is 11.5 Å². The predicted octanol–water partition coefficient (Wildman–Crippen LogP) is 3.10. The summed E-state index contributed by atoms with van der Waals surface area (Å²) in [6, 6.07) is 10.5. The largest absolute Gasteiger partial charge is 0.493 e. The summed E-state index contributed by atoms with van der Waals surface area (Å²) in [6.07, 6.45) is 0. The van der Waals surface area contributed by atoms with Crippen LogP contribution in [0, 0.1) is 5.82 Å². The number of hydrogen-bond acceptors (Lipinski definition) is 3. The Labute approximate surface area is 116 Å². The number of methoxy groups -OCH3 is 2. The van der Waals surface area contributed by atoms with E-state index in [-0.39, 0.29) is 11.7 Å². The summed E-state index contributed by atoms with van der Waals surface area (Å²) in [4.78, 5) is 12.2. The number of rotatable bonds is 4. The van der Waals surface area contributed by atoms with Gasteiger partial charge in [-0.3, -0.25) is 4.79 Å². The highest BCUT2D eigenvalue weighted by Gasteiger charge is 2.16. The molecule has 2 rings (SSSR count). The fraction of sp³-hybridized carbons (Fsp3) is 0.133. The Morgan fingerprint density at radius 2 is 1.75 bits per heavy atom. The normalized spacial score (nSPS) is 9.95. The van der Waals surface area contributed by atoms with Crippen LogP contribution in [-0.4, -0.2) is 20.1 Å². The van der Waals surface area contributed by atoms with Gasteiger partial charge in [-0.15, -0.1) is 0 Å². The number of hydrogen-bond donors (Lipinski definition) is 1. The Morgan fingerprint density at radius 3 is 2.35 bits per heavy atom. The molecule has 2 aromatic carbocycles. The zero-order valence-electron chi connectivity index (χ0n) is 11.1. The summed E-state index contributed by atoms with van der Waals surface area (Å²) >= 11 is 0. The van der Waals surface area contributed by atoms with Crippen LogP contribution in [0.2, 0.25) is 0 Å². The van der Waals surface area contributed by atoms with Gasteiger partial charge in [0.2, 0.25) is 0 Å². The van der Waals surface area contributed by atoms with E-state index in [4.69, 9.17) is 9.47 Å². The summed E-state index contributed by atoms with van der Waals surface area (Å²) in [7, 11) is 2.96. The molecule has 0 saturated heterocycles. The molecule has 4 nitrogen and oxygen atoms in total. The van der Waals surface area contributed by atoms with Crippen LogP contribution < -0.4 is 14.8 Å². The van der Waals surface area contributed by atoms with Crippen LogP contribution in [0.5, 0.6) is 11.5 Å². The van der Waals surface area contributed by atoms with E-state index >= 15 is 0 Å². The number of carbonyl (C=O) groups is 1. The van der Waals surface area contributed by atoms with Crippen LogP contribution in [0.1, 0.15) is 10.4 Å². The van der Waals surface area contributed by atoms with Gasteiger partial charge in [0, 0.05) is 5.69 Å². The number of nitrogens with one attached hydrogen (secondary N) is 1. The second kappa shape index (κ2) is 6.06.